The van der Waals surface area contributed by atoms with Gasteiger partial charge in [0, 0.05) is 8.04 Å². The molecule has 0 aromatic heterocycles. The van der Waals surface area contributed by atoms with Gasteiger partial charge in [-0.2, -0.15) is 0 Å². The summed E-state index contributed by atoms with van der Waals surface area (Å²) >= 11 is 10.2. The van der Waals surface area contributed by atoms with Crippen LogP contribution >= 0.6 is 50.7 Å². The minimum Gasteiger partial charge on any atom is -0.392 e. The lowest BCUT2D eigenvalue weighted by Gasteiger charge is -2.16. The van der Waals surface area contributed by atoms with Crippen LogP contribution in [0.2, 0.25) is 0 Å². The summed E-state index contributed by atoms with van der Waals surface area (Å²) in [6.45, 7) is 1.73. The second-order valence-corrected chi connectivity index (χ2v) is 8.01. The Hall–Kier alpha value is 0.0700. The van der Waals surface area contributed by atoms with Crippen molar-refractivity contribution in [3.63, 3.8) is 0 Å². The van der Waals surface area contributed by atoms with Gasteiger partial charge in [-0.15, -0.1) is 0 Å². The van der Waals surface area contributed by atoms with Crippen molar-refractivity contribution in [3.8, 4) is 0 Å². The highest BCUT2D eigenvalue weighted by Crippen LogP contribution is 2.26. The van der Waals surface area contributed by atoms with Crippen molar-refractivity contribution in [2.24, 2.45) is 5.73 Å². The molecule has 0 saturated heterocycles. The first-order chi connectivity index (χ1) is 8.27. The molecule has 0 amide bonds. The van der Waals surface area contributed by atoms with Gasteiger partial charge >= 0.3 is 0 Å². The zero-order chi connectivity index (χ0) is 13.9. The Morgan fingerprint density at radius 2 is 2.22 bits per heavy atom. The molecule has 0 saturated carbocycles. The second kappa shape index (κ2) is 6.49. The van der Waals surface area contributed by atoms with E-state index in [1.54, 1.807) is 13.0 Å². The molecule has 0 fully saturated rings. The summed E-state index contributed by atoms with van der Waals surface area (Å²) in [5.74, 6) is 0. The average Bonchev–Trinajstić information content (AvgIpc) is 2.22. The van der Waals surface area contributed by atoms with Gasteiger partial charge in [0.05, 0.1) is 10.7 Å². The Morgan fingerprint density at radius 1 is 1.61 bits per heavy atom. The first kappa shape index (κ1) is 16.1. The van der Waals surface area contributed by atoms with Crippen molar-refractivity contribution >= 4 is 71.4 Å². The molecule has 0 aliphatic rings. The number of halogens is 2. The van der Waals surface area contributed by atoms with Crippen LogP contribution in [0.5, 0.6) is 0 Å². The third-order valence-corrected chi connectivity index (χ3v) is 5.85. The molecule has 0 spiro atoms. The van der Waals surface area contributed by atoms with E-state index in [1.807, 2.05) is 12.1 Å². The van der Waals surface area contributed by atoms with Crippen LogP contribution < -0.4 is 10.5 Å². The Bertz CT molecular complexity index is 563. The number of nitrogens with two attached hydrogens (primary N) is 1. The maximum atomic E-state index is 12.1. The molecule has 8 heteroatoms. The maximum absolute atomic E-state index is 12.1. The topological polar surface area (TPSA) is 72.2 Å². The van der Waals surface area contributed by atoms with Gasteiger partial charge in [0.1, 0.15) is 5.25 Å². The molecule has 4 nitrogen and oxygen atoms in total. The van der Waals surface area contributed by atoms with Gasteiger partial charge in [-0.3, -0.25) is 4.72 Å². The van der Waals surface area contributed by atoms with Crippen LogP contribution in [-0.4, -0.2) is 18.7 Å². The molecule has 1 aromatic rings. The molecule has 0 aliphatic carbocycles. The zero-order valence-corrected chi connectivity index (χ0v) is 14.9. The number of benzene rings is 1. The SMILES string of the molecule is CCC(C(N)=S)S(=O)(=O)Nc1ccc(I)cc1Br. The van der Waals surface area contributed by atoms with E-state index in [0.29, 0.717) is 16.6 Å². The molecule has 1 atom stereocenters. The summed E-state index contributed by atoms with van der Waals surface area (Å²) in [6, 6.07) is 5.32. The standard InChI is InChI=1S/C10H12BrIN2O2S2/c1-2-9(10(13)17)18(15,16)14-8-4-3-6(12)5-7(8)11/h3-5,9,14H,2H2,1H3,(H2,13,17). The number of anilines is 1. The molecule has 0 heterocycles. The van der Waals surface area contributed by atoms with E-state index in [0.717, 1.165) is 3.57 Å². The highest BCUT2D eigenvalue weighted by Gasteiger charge is 2.26. The van der Waals surface area contributed by atoms with E-state index in [4.69, 9.17) is 18.0 Å². The van der Waals surface area contributed by atoms with E-state index in [2.05, 4.69) is 43.2 Å². The lowest BCUT2D eigenvalue weighted by Crippen LogP contribution is -2.37. The molecule has 0 radical (unpaired) electrons. The monoisotopic (exact) mass is 462 g/mol. The third-order valence-electron chi connectivity index (χ3n) is 2.25. The molecular formula is C10H12BrIN2O2S2. The lowest BCUT2D eigenvalue weighted by molar-refractivity contribution is 0.594. The van der Waals surface area contributed by atoms with E-state index in [-0.39, 0.29) is 4.99 Å². The smallest absolute Gasteiger partial charge is 0.242 e. The Labute approximate surface area is 134 Å². The molecule has 100 valence electrons. The number of nitrogens with one attached hydrogen (secondary N) is 1. The van der Waals surface area contributed by atoms with Crippen LogP contribution in [0, 0.1) is 3.57 Å². The van der Waals surface area contributed by atoms with Crippen molar-refractivity contribution in [1.82, 2.24) is 0 Å². The predicted molar refractivity (Wildman–Crippen MR) is 90.3 cm³/mol. The molecule has 0 aliphatic heterocycles. The fourth-order valence-corrected chi connectivity index (χ4v) is 4.82. The summed E-state index contributed by atoms with van der Waals surface area (Å²) in [7, 11) is -3.61. The quantitative estimate of drug-likeness (QED) is 0.521. The maximum Gasteiger partial charge on any atom is 0.242 e. The summed E-state index contributed by atoms with van der Waals surface area (Å²) in [5.41, 5.74) is 5.93. The fourth-order valence-electron chi connectivity index (χ4n) is 1.37. The highest BCUT2D eigenvalue weighted by molar-refractivity contribution is 14.1. The van der Waals surface area contributed by atoms with Crippen molar-refractivity contribution < 1.29 is 8.42 Å². The first-order valence-corrected chi connectivity index (χ1v) is 8.86. The summed E-state index contributed by atoms with van der Waals surface area (Å²) in [6.07, 6.45) is 0.340. The van der Waals surface area contributed by atoms with Crippen molar-refractivity contribution in [2.75, 3.05) is 4.72 Å². The normalized spacial score (nSPS) is 13.1. The molecule has 1 unspecified atom stereocenters. The van der Waals surface area contributed by atoms with E-state index < -0.39 is 15.3 Å². The Balaban J connectivity index is 3.05. The van der Waals surface area contributed by atoms with Gasteiger partial charge in [-0.1, -0.05) is 19.1 Å². The minimum absolute atomic E-state index is 0.0216. The van der Waals surface area contributed by atoms with Gasteiger partial charge in [0.15, 0.2) is 0 Å². The molecule has 0 bridgehead atoms. The number of hydrogen-bond acceptors (Lipinski definition) is 3. The van der Waals surface area contributed by atoms with Crippen LogP contribution in [0.1, 0.15) is 13.3 Å². The Morgan fingerprint density at radius 3 is 2.67 bits per heavy atom. The number of sulfonamides is 1. The first-order valence-electron chi connectivity index (χ1n) is 5.04. The number of thiocarbonyl (C=S) groups is 1. The molecule has 18 heavy (non-hydrogen) atoms. The number of hydrogen-bond donors (Lipinski definition) is 2. The van der Waals surface area contributed by atoms with Crippen LogP contribution in [0.15, 0.2) is 22.7 Å². The molecule has 1 rings (SSSR count). The van der Waals surface area contributed by atoms with E-state index >= 15 is 0 Å². The van der Waals surface area contributed by atoms with Gasteiger partial charge in [-0.05, 0) is 63.1 Å². The minimum atomic E-state index is -3.61. The van der Waals surface area contributed by atoms with Crippen molar-refractivity contribution in [3.05, 3.63) is 26.2 Å². The van der Waals surface area contributed by atoms with Gasteiger partial charge in [0.25, 0.3) is 0 Å². The lowest BCUT2D eigenvalue weighted by atomic mass is 10.3. The number of rotatable bonds is 5. The third kappa shape index (κ3) is 4.04. The molecule has 3 N–H and O–H groups in total. The molecule has 1 aromatic carbocycles. The fraction of sp³-hybridized carbons (Fsp3) is 0.300. The molecular weight excluding hydrogens is 451 g/mol. The van der Waals surface area contributed by atoms with E-state index in [1.165, 1.54) is 0 Å². The summed E-state index contributed by atoms with van der Waals surface area (Å²) in [4.78, 5) is -0.0216. The summed E-state index contributed by atoms with van der Waals surface area (Å²) < 4.78 is 28.4. The van der Waals surface area contributed by atoms with Crippen molar-refractivity contribution in [1.29, 1.82) is 0 Å². The van der Waals surface area contributed by atoms with Crippen LogP contribution in [-0.2, 0) is 10.0 Å². The van der Waals surface area contributed by atoms with Gasteiger partial charge in [0.2, 0.25) is 10.0 Å². The second-order valence-electron chi connectivity index (χ2n) is 3.57. The largest absolute Gasteiger partial charge is 0.392 e. The average molecular weight is 463 g/mol. The van der Waals surface area contributed by atoms with E-state index in [9.17, 15) is 8.42 Å². The summed E-state index contributed by atoms with van der Waals surface area (Å²) in [5, 5.41) is -0.862. The van der Waals surface area contributed by atoms with Gasteiger partial charge < -0.3 is 5.73 Å². The van der Waals surface area contributed by atoms with Gasteiger partial charge in [-0.25, -0.2) is 8.42 Å². The van der Waals surface area contributed by atoms with Crippen LogP contribution in [0.25, 0.3) is 0 Å². The zero-order valence-electron chi connectivity index (χ0n) is 9.48. The van der Waals surface area contributed by atoms with Crippen LogP contribution in [0.4, 0.5) is 5.69 Å². The van der Waals surface area contributed by atoms with Crippen molar-refractivity contribution in [2.45, 2.75) is 18.6 Å². The highest BCUT2D eigenvalue weighted by atomic mass is 127. The van der Waals surface area contributed by atoms with Crippen LogP contribution in [0.3, 0.4) is 0 Å². The Kier molecular flexibility index (Phi) is 5.81. The predicted octanol–water partition coefficient (Wildman–Crippen LogP) is 2.86.